The van der Waals surface area contributed by atoms with Gasteiger partial charge in [0.15, 0.2) is 17.2 Å². The third kappa shape index (κ3) is 4.45. The SMILES string of the molecule is CCOc1ccc(CNC(=O)Cn2cc(C(=O)O)nn2)cc1OC. The molecule has 0 saturated heterocycles. The fraction of sp³-hybridized carbons (Fsp3) is 0.333. The number of ether oxygens (including phenoxy) is 2. The maximum atomic E-state index is 11.9. The van der Waals surface area contributed by atoms with E-state index in [2.05, 4.69) is 15.6 Å². The zero-order valence-electron chi connectivity index (χ0n) is 13.4. The Kier molecular flexibility index (Phi) is 5.72. The molecule has 0 saturated carbocycles. The van der Waals surface area contributed by atoms with Gasteiger partial charge in [0.2, 0.25) is 5.91 Å². The van der Waals surface area contributed by atoms with Gasteiger partial charge in [-0.1, -0.05) is 11.3 Å². The number of hydrogen-bond acceptors (Lipinski definition) is 6. The molecule has 2 aromatic rings. The molecule has 0 bridgehead atoms. The molecule has 1 heterocycles. The Morgan fingerprint density at radius 3 is 2.75 bits per heavy atom. The summed E-state index contributed by atoms with van der Waals surface area (Å²) >= 11 is 0. The molecule has 9 nitrogen and oxygen atoms in total. The second kappa shape index (κ2) is 7.95. The number of carboxylic acid groups (broad SMARTS) is 1. The Labute approximate surface area is 138 Å². The minimum absolute atomic E-state index is 0.117. The van der Waals surface area contributed by atoms with Crippen molar-refractivity contribution in [2.24, 2.45) is 0 Å². The van der Waals surface area contributed by atoms with E-state index >= 15 is 0 Å². The monoisotopic (exact) mass is 334 g/mol. The predicted octanol–water partition coefficient (Wildman–Crippen LogP) is 0.700. The van der Waals surface area contributed by atoms with E-state index in [4.69, 9.17) is 14.6 Å². The molecule has 2 N–H and O–H groups in total. The summed E-state index contributed by atoms with van der Waals surface area (Å²) < 4.78 is 11.8. The number of aromatic nitrogens is 3. The quantitative estimate of drug-likeness (QED) is 0.730. The maximum absolute atomic E-state index is 11.9. The van der Waals surface area contributed by atoms with Crippen LogP contribution >= 0.6 is 0 Å². The molecule has 0 atom stereocenters. The van der Waals surface area contributed by atoms with Crippen molar-refractivity contribution in [3.8, 4) is 11.5 Å². The average Bonchev–Trinajstić information content (AvgIpc) is 3.03. The highest BCUT2D eigenvalue weighted by Crippen LogP contribution is 2.27. The standard InChI is InChI=1S/C15H18N4O5/c1-3-24-12-5-4-10(6-13(12)23-2)7-16-14(20)9-19-8-11(15(21)22)17-18-19/h4-6,8H,3,7,9H2,1-2H3,(H,16,20)(H,21,22). The molecule has 2 rings (SSSR count). The highest BCUT2D eigenvalue weighted by Gasteiger charge is 2.11. The third-order valence-electron chi connectivity index (χ3n) is 3.08. The zero-order valence-corrected chi connectivity index (χ0v) is 13.4. The summed E-state index contributed by atoms with van der Waals surface area (Å²) in [5.74, 6) is -0.280. The number of nitrogens with zero attached hydrogens (tertiary/aromatic N) is 3. The van der Waals surface area contributed by atoms with Crippen LogP contribution in [0.1, 0.15) is 23.0 Å². The second-order valence-electron chi connectivity index (χ2n) is 4.80. The van der Waals surface area contributed by atoms with Crippen LogP contribution in [0.2, 0.25) is 0 Å². The number of benzene rings is 1. The second-order valence-corrected chi connectivity index (χ2v) is 4.80. The Morgan fingerprint density at radius 1 is 1.33 bits per heavy atom. The number of aromatic carboxylic acids is 1. The number of hydrogen-bond donors (Lipinski definition) is 2. The third-order valence-corrected chi connectivity index (χ3v) is 3.08. The normalized spacial score (nSPS) is 10.2. The fourth-order valence-corrected chi connectivity index (χ4v) is 1.97. The number of methoxy groups -OCH3 is 1. The highest BCUT2D eigenvalue weighted by molar-refractivity contribution is 5.84. The molecule has 1 aromatic heterocycles. The molecule has 0 aliphatic rings. The van der Waals surface area contributed by atoms with Crippen molar-refractivity contribution in [1.29, 1.82) is 0 Å². The molecule has 128 valence electrons. The van der Waals surface area contributed by atoms with E-state index in [-0.39, 0.29) is 18.1 Å². The smallest absolute Gasteiger partial charge is 0.358 e. The molecule has 0 aliphatic carbocycles. The van der Waals surface area contributed by atoms with Gasteiger partial charge in [-0.25, -0.2) is 9.48 Å². The van der Waals surface area contributed by atoms with Crippen molar-refractivity contribution < 1.29 is 24.2 Å². The number of carbonyl (C=O) groups is 2. The average molecular weight is 334 g/mol. The van der Waals surface area contributed by atoms with Crippen LogP contribution in [0.15, 0.2) is 24.4 Å². The van der Waals surface area contributed by atoms with Crippen LogP contribution in [-0.4, -0.2) is 45.7 Å². The van der Waals surface area contributed by atoms with E-state index in [1.54, 1.807) is 19.2 Å². The molecular formula is C15H18N4O5. The van der Waals surface area contributed by atoms with Crippen LogP contribution in [0.5, 0.6) is 11.5 Å². The minimum Gasteiger partial charge on any atom is -0.493 e. The molecule has 0 radical (unpaired) electrons. The summed E-state index contributed by atoms with van der Waals surface area (Å²) in [6, 6.07) is 5.38. The Balaban J connectivity index is 1.92. The number of nitrogens with one attached hydrogen (secondary N) is 1. The van der Waals surface area contributed by atoms with Crippen LogP contribution in [0.3, 0.4) is 0 Å². The number of amides is 1. The topological polar surface area (TPSA) is 116 Å². The first kappa shape index (κ1) is 17.3. The van der Waals surface area contributed by atoms with Gasteiger partial charge in [0, 0.05) is 6.54 Å². The predicted molar refractivity (Wildman–Crippen MR) is 83.0 cm³/mol. The van der Waals surface area contributed by atoms with Crippen LogP contribution in [-0.2, 0) is 17.9 Å². The molecule has 0 aliphatic heterocycles. The van der Waals surface area contributed by atoms with Crippen molar-refractivity contribution >= 4 is 11.9 Å². The van der Waals surface area contributed by atoms with Gasteiger partial charge in [-0.3, -0.25) is 4.79 Å². The van der Waals surface area contributed by atoms with Crippen LogP contribution in [0.4, 0.5) is 0 Å². The van der Waals surface area contributed by atoms with E-state index in [0.29, 0.717) is 24.7 Å². The van der Waals surface area contributed by atoms with Crippen molar-refractivity contribution in [3.05, 3.63) is 35.7 Å². The fourth-order valence-electron chi connectivity index (χ4n) is 1.97. The molecule has 1 aromatic carbocycles. The van der Waals surface area contributed by atoms with Gasteiger partial charge in [-0.2, -0.15) is 0 Å². The van der Waals surface area contributed by atoms with Crippen molar-refractivity contribution in [2.45, 2.75) is 20.0 Å². The Morgan fingerprint density at radius 2 is 2.12 bits per heavy atom. The summed E-state index contributed by atoms with van der Waals surface area (Å²) in [7, 11) is 1.55. The lowest BCUT2D eigenvalue weighted by Gasteiger charge is -2.11. The van der Waals surface area contributed by atoms with Crippen molar-refractivity contribution in [1.82, 2.24) is 20.3 Å². The highest BCUT2D eigenvalue weighted by atomic mass is 16.5. The van der Waals surface area contributed by atoms with Crippen LogP contribution in [0.25, 0.3) is 0 Å². The first-order valence-corrected chi connectivity index (χ1v) is 7.23. The zero-order chi connectivity index (χ0) is 17.5. The first-order chi connectivity index (χ1) is 11.5. The molecule has 0 spiro atoms. The summed E-state index contributed by atoms with van der Waals surface area (Å²) in [5, 5.41) is 18.5. The van der Waals surface area contributed by atoms with Crippen LogP contribution < -0.4 is 14.8 Å². The summed E-state index contributed by atoms with van der Waals surface area (Å²) in [6.07, 6.45) is 1.20. The van der Waals surface area contributed by atoms with Crippen molar-refractivity contribution in [3.63, 3.8) is 0 Å². The van der Waals surface area contributed by atoms with E-state index in [9.17, 15) is 9.59 Å². The van der Waals surface area contributed by atoms with Gasteiger partial charge < -0.3 is 19.9 Å². The lowest BCUT2D eigenvalue weighted by Crippen LogP contribution is -2.27. The van der Waals surface area contributed by atoms with E-state index in [1.165, 1.54) is 6.20 Å². The molecule has 24 heavy (non-hydrogen) atoms. The van der Waals surface area contributed by atoms with Gasteiger partial charge in [-0.05, 0) is 24.6 Å². The van der Waals surface area contributed by atoms with Gasteiger partial charge >= 0.3 is 5.97 Å². The maximum Gasteiger partial charge on any atom is 0.358 e. The first-order valence-electron chi connectivity index (χ1n) is 7.23. The Hall–Kier alpha value is -3.10. The lowest BCUT2D eigenvalue weighted by atomic mass is 10.2. The number of rotatable bonds is 8. The molecule has 0 unspecified atom stereocenters. The summed E-state index contributed by atoms with van der Waals surface area (Å²) in [4.78, 5) is 22.6. The molecule has 9 heteroatoms. The van der Waals surface area contributed by atoms with E-state index in [0.717, 1.165) is 10.2 Å². The number of carboxylic acids is 1. The summed E-state index contributed by atoms with van der Waals surface area (Å²) in [6.45, 7) is 2.59. The van der Waals surface area contributed by atoms with Crippen molar-refractivity contribution in [2.75, 3.05) is 13.7 Å². The van der Waals surface area contributed by atoms with E-state index < -0.39 is 5.97 Å². The number of carbonyl (C=O) groups excluding carboxylic acids is 1. The Bertz CT molecular complexity index is 728. The molecular weight excluding hydrogens is 316 g/mol. The molecule has 1 amide bonds. The van der Waals surface area contributed by atoms with Gasteiger partial charge in [0.1, 0.15) is 6.54 Å². The minimum atomic E-state index is -1.19. The van der Waals surface area contributed by atoms with E-state index in [1.807, 2.05) is 13.0 Å². The van der Waals surface area contributed by atoms with Crippen LogP contribution in [0, 0.1) is 0 Å². The van der Waals surface area contributed by atoms with Gasteiger partial charge in [0.05, 0.1) is 19.9 Å². The lowest BCUT2D eigenvalue weighted by molar-refractivity contribution is -0.122. The van der Waals surface area contributed by atoms with Gasteiger partial charge in [0.25, 0.3) is 0 Å². The molecule has 0 fully saturated rings. The largest absolute Gasteiger partial charge is 0.493 e. The van der Waals surface area contributed by atoms with Gasteiger partial charge in [-0.15, -0.1) is 5.10 Å². The summed E-state index contributed by atoms with van der Waals surface area (Å²) in [5.41, 5.74) is 0.632.